The molecule has 0 atom stereocenters. The molecular formula is C20H20ClN5O3. The van der Waals surface area contributed by atoms with Crippen LogP contribution in [0, 0.1) is 0 Å². The van der Waals surface area contributed by atoms with Crippen molar-refractivity contribution < 1.29 is 14.3 Å². The lowest BCUT2D eigenvalue weighted by molar-refractivity contribution is 0.0924. The molecule has 8 nitrogen and oxygen atoms in total. The van der Waals surface area contributed by atoms with Gasteiger partial charge in [0.15, 0.2) is 17.3 Å². The molecule has 0 saturated carbocycles. The van der Waals surface area contributed by atoms with Crippen LogP contribution < -0.4 is 14.8 Å². The topological polar surface area (TPSA) is 91.2 Å². The van der Waals surface area contributed by atoms with Gasteiger partial charge in [-0.1, -0.05) is 18.5 Å². The maximum atomic E-state index is 12.0. The van der Waals surface area contributed by atoms with Crippen LogP contribution in [0.3, 0.4) is 0 Å². The Morgan fingerprint density at radius 2 is 2.14 bits per heavy atom. The number of amides is 1. The average Bonchev–Trinajstić information content (AvgIpc) is 3.18. The molecule has 1 N–H and O–H groups in total. The lowest BCUT2D eigenvalue weighted by Gasteiger charge is -2.13. The Hall–Kier alpha value is -3.13. The van der Waals surface area contributed by atoms with Gasteiger partial charge < -0.3 is 14.8 Å². The standard InChI is InChI=1S/C20H20ClN5O3/c1-3-8-29-18-13(21)9-12(10-17(18)28-2)19-22-5-4-14(24-19)15-11-16-20(27)23-6-7-26(16)25-15/h4-5,9-11H,3,6-8H2,1-2H3,(H,23,27). The Balaban J connectivity index is 1.71. The van der Waals surface area contributed by atoms with Gasteiger partial charge in [-0.3, -0.25) is 9.48 Å². The molecule has 3 aromatic rings. The second-order valence-corrected chi connectivity index (χ2v) is 6.90. The minimum atomic E-state index is -0.136. The van der Waals surface area contributed by atoms with E-state index in [-0.39, 0.29) is 5.91 Å². The van der Waals surface area contributed by atoms with E-state index in [2.05, 4.69) is 20.4 Å². The molecule has 4 rings (SSSR count). The van der Waals surface area contributed by atoms with Crippen LogP contribution in [0.1, 0.15) is 23.8 Å². The highest BCUT2D eigenvalue weighted by molar-refractivity contribution is 6.32. The van der Waals surface area contributed by atoms with Gasteiger partial charge in [0.25, 0.3) is 5.91 Å². The fraction of sp³-hybridized carbons (Fsp3) is 0.300. The normalized spacial score (nSPS) is 13.0. The maximum absolute atomic E-state index is 12.0. The molecule has 0 saturated heterocycles. The predicted molar refractivity (Wildman–Crippen MR) is 108 cm³/mol. The number of carbonyl (C=O) groups excluding carboxylic acids is 1. The number of benzene rings is 1. The van der Waals surface area contributed by atoms with Crippen LogP contribution in [0.15, 0.2) is 30.5 Å². The summed E-state index contributed by atoms with van der Waals surface area (Å²) in [5.41, 5.74) is 2.44. The van der Waals surface area contributed by atoms with E-state index in [1.807, 2.05) is 6.92 Å². The molecule has 0 bridgehead atoms. The monoisotopic (exact) mass is 413 g/mol. The number of hydrogen-bond donors (Lipinski definition) is 1. The number of fused-ring (bicyclic) bond motifs is 1. The highest BCUT2D eigenvalue weighted by Gasteiger charge is 2.21. The molecule has 1 aliphatic heterocycles. The predicted octanol–water partition coefficient (Wildman–Crippen LogP) is 3.20. The number of halogens is 1. The number of ether oxygens (including phenoxy) is 2. The molecule has 150 valence electrons. The van der Waals surface area contributed by atoms with E-state index in [0.29, 0.717) is 64.7 Å². The smallest absolute Gasteiger partial charge is 0.269 e. The molecule has 0 fully saturated rings. The quantitative estimate of drug-likeness (QED) is 0.667. The first kappa shape index (κ1) is 19.2. The van der Waals surface area contributed by atoms with Gasteiger partial charge in [0.2, 0.25) is 0 Å². The van der Waals surface area contributed by atoms with Crippen LogP contribution in [-0.4, -0.2) is 45.9 Å². The van der Waals surface area contributed by atoms with Crippen molar-refractivity contribution in [1.29, 1.82) is 0 Å². The van der Waals surface area contributed by atoms with Crippen LogP contribution in [0.2, 0.25) is 5.02 Å². The number of nitrogens with one attached hydrogen (secondary N) is 1. The van der Waals surface area contributed by atoms with Gasteiger partial charge in [0.1, 0.15) is 11.4 Å². The lowest BCUT2D eigenvalue weighted by Crippen LogP contribution is -2.35. The molecule has 0 aliphatic carbocycles. The van der Waals surface area contributed by atoms with Crippen molar-refractivity contribution in [3.63, 3.8) is 0 Å². The molecular weight excluding hydrogens is 394 g/mol. The van der Waals surface area contributed by atoms with Crippen molar-refractivity contribution >= 4 is 17.5 Å². The van der Waals surface area contributed by atoms with Crippen LogP contribution in [0.25, 0.3) is 22.8 Å². The molecule has 1 amide bonds. The number of rotatable bonds is 6. The van der Waals surface area contributed by atoms with Crippen LogP contribution in [0.4, 0.5) is 0 Å². The first-order valence-electron chi connectivity index (χ1n) is 9.31. The molecule has 0 radical (unpaired) electrons. The van der Waals surface area contributed by atoms with Gasteiger partial charge in [-0.15, -0.1) is 0 Å². The Kier molecular flexibility index (Phi) is 5.35. The molecule has 9 heteroatoms. The summed E-state index contributed by atoms with van der Waals surface area (Å²) in [6, 6.07) is 7.03. The molecule has 3 heterocycles. The van der Waals surface area contributed by atoms with E-state index in [1.54, 1.807) is 42.3 Å². The summed E-state index contributed by atoms with van der Waals surface area (Å²) in [7, 11) is 1.56. The van der Waals surface area contributed by atoms with E-state index in [0.717, 1.165) is 6.42 Å². The molecule has 1 aliphatic rings. The SMILES string of the molecule is CCCOc1c(Cl)cc(-c2nccc(-c3cc4n(n3)CCNC4=O)n2)cc1OC. The third kappa shape index (κ3) is 3.75. The molecule has 29 heavy (non-hydrogen) atoms. The summed E-state index contributed by atoms with van der Waals surface area (Å²) < 4.78 is 12.8. The van der Waals surface area contributed by atoms with Crippen molar-refractivity contribution in [3.8, 4) is 34.3 Å². The summed E-state index contributed by atoms with van der Waals surface area (Å²) in [6.07, 6.45) is 2.51. The van der Waals surface area contributed by atoms with E-state index in [1.165, 1.54) is 0 Å². The van der Waals surface area contributed by atoms with Gasteiger partial charge >= 0.3 is 0 Å². The number of methoxy groups -OCH3 is 1. The van der Waals surface area contributed by atoms with Crippen LogP contribution in [0.5, 0.6) is 11.5 Å². The van der Waals surface area contributed by atoms with E-state index in [9.17, 15) is 4.79 Å². The number of aromatic nitrogens is 4. The van der Waals surface area contributed by atoms with Crippen molar-refractivity contribution in [3.05, 3.63) is 41.2 Å². The van der Waals surface area contributed by atoms with Crippen molar-refractivity contribution in [1.82, 2.24) is 25.1 Å². The summed E-state index contributed by atoms with van der Waals surface area (Å²) >= 11 is 6.42. The van der Waals surface area contributed by atoms with E-state index < -0.39 is 0 Å². The highest BCUT2D eigenvalue weighted by atomic mass is 35.5. The molecule has 0 unspecified atom stereocenters. The summed E-state index contributed by atoms with van der Waals surface area (Å²) in [4.78, 5) is 21.0. The summed E-state index contributed by atoms with van der Waals surface area (Å²) in [5, 5.41) is 7.73. The molecule has 1 aromatic carbocycles. The Morgan fingerprint density at radius 3 is 2.90 bits per heavy atom. The fourth-order valence-corrected chi connectivity index (χ4v) is 3.36. The first-order chi connectivity index (χ1) is 14.1. The van der Waals surface area contributed by atoms with Gasteiger partial charge in [-0.25, -0.2) is 9.97 Å². The van der Waals surface area contributed by atoms with Crippen molar-refractivity contribution in [2.45, 2.75) is 19.9 Å². The van der Waals surface area contributed by atoms with E-state index in [4.69, 9.17) is 21.1 Å². The minimum Gasteiger partial charge on any atom is -0.493 e. The third-order valence-corrected chi connectivity index (χ3v) is 4.76. The Labute approximate surface area is 172 Å². The molecule has 2 aromatic heterocycles. The zero-order valence-electron chi connectivity index (χ0n) is 16.1. The van der Waals surface area contributed by atoms with Gasteiger partial charge in [0, 0.05) is 18.3 Å². The zero-order valence-corrected chi connectivity index (χ0v) is 16.9. The Morgan fingerprint density at radius 1 is 1.28 bits per heavy atom. The highest BCUT2D eigenvalue weighted by Crippen LogP contribution is 2.39. The first-order valence-corrected chi connectivity index (χ1v) is 9.68. The second kappa shape index (κ2) is 8.08. The van der Waals surface area contributed by atoms with Gasteiger partial charge in [-0.05, 0) is 30.7 Å². The Bertz CT molecular complexity index is 1070. The average molecular weight is 414 g/mol. The van der Waals surface area contributed by atoms with Crippen LogP contribution >= 0.6 is 11.6 Å². The minimum absolute atomic E-state index is 0.136. The lowest BCUT2D eigenvalue weighted by atomic mass is 10.1. The van der Waals surface area contributed by atoms with E-state index >= 15 is 0 Å². The fourth-order valence-electron chi connectivity index (χ4n) is 3.09. The zero-order chi connectivity index (χ0) is 20.4. The number of carbonyl (C=O) groups is 1. The maximum Gasteiger partial charge on any atom is 0.269 e. The van der Waals surface area contributed by atoms with Crippen LogP contribution in [-0.2, 0) is 6.54 Å². The van der Waals surface area contributed by atoms with Crippen molar-refractivity contribution in [2.24, 2.45) is 0 Å². The largest absolute Gasteiger partial charge is 0.493 e. The number of hydrogen-bond acceptors (Lipinski definition) is 6. The molecule has 0 spiro atoms. The third-order valence-electron chi connectivity index (χ3n) is 4.48. The van der Waals surface area contributed by atoms with Gasteiger partial charge in [-0.2, -0.15) is 5.10 Å². The summed E-state index contributed by atoms with van der Waals surface area (Å²) in [6.45, 7) is 3.75. The second-order valence-electron chi connectivity index (χ2n) is 6.50. The van der Waals surface area contributed by atoms with Gasteiger partial charge in [0.05, 0.1) is 31.0 Å². The number of nitrogens with zero attached hydrogens (tertiary/aromatic N) is 4. The van der Waals surface area contributed by atoms with Crippen molar-refractivity contribution in [2.75, 3.05) is 20.3 Å². The summed E-state index contributed by atoms with van der Waals surface area (Å²) in [5.74, 6) is 1.36.